The molecule has 22 heavy (non-hydrogen) atoms. The van der Waals surface area contributed by atoms with Crippen molar-refractivity contribution in [3.63, 3.8) is 0 Å². The van der Waals surface area contributed by atoms with E-state index in [2.05, 4.69) is 6.92 Å². The molecule has 0 spiro atoms. The molecule has 2 aliphatic rings. The number of hydrogen-bond donors (Lipinski definition) is 2. The summed E-state index contributed by atoms with van der Waals surface area (Å²) in [6.45, 7) is 3.57. The number of amides is 1. The van der Waals surface area contributed by atoms with Crippen LogP contribution in [0.3, 0.4) is 0 Å². The summed E-state index contributed by atoms with van der Waals surface area (Å²) in [6, 6.07) is 7.50. The Balaban J connectivity index is 1.66. The summed E-state index contributed by atoms with van der Waals surface area (Å²) < 4.78 is 0. The zero-order valence-electron chi connectivity index (χ0n) is 13.3. The summed E-state index contributed by atoms with van der Waals surface area (Å²) in [4.78, 5) is 14.5. The minimum Gasteiger partial charge on any atom is -0.399 e. The molecule has 1 saturated heterocycles. The van der Waals surface area contributed by atoms with Crippen molar-refractivity contribution in [3.8, 4) is 0 Å². The molecule has 0 unspecified atom stereocenters. The van der Waals surface area contributed by atoms with Crippen LogP contribution >= 0.6 is 0 Å². The van der Waals surface area contributed by atoms with Gasteiger partial charge in [0, 0.05) is 24.7 Å². The van der Waals surface area contributed by atoms with E-state index in [4.69, 9.17) is 5.73 Å². The zero-order chi connectivity index (χ0) is 15.7. The summed E-state index contributed by atoms with van der Waals surface area (Å²) in [5, 5.41) is 10.8. The number of rotatable bonds is 3. The molecule has 0 bridgehead atoms. The maximum absolute atomic E-state index is 12.6. The Morgan fingerprint density at radius 1 is 1.36 bits per heavy atom. The van der Waals surface area contributed by atoms with Crippen molar-refractivity contribution in [1.82, 2.24) is 4.90 Å². The Hall–Kier alpha value is -1.55. The molecule has 3 N–H and O–H groups in total. The number of aliphatic hydroxyl groups is 1. The third-order valence-electron chi connectivity index (χ3n) is 5.62. The lowest BCUT2D eigenvalue weighted by atomic mass is 9.69. The summed E-state index contributed by atoms with van der Waals surface area (Å²) in [5.41, 5.74) is 6.83. The van der Waals surface area contributed by atoms with E-state index in [0.717, 1.165) is 43.5 Å². The van der Waals surface area contributed by atoms with E-state index in [1.54, 1.807) is 0 Å². The fourth-order valence-corrected chi connectivity index (χ4v) is 4.19. The second kappa shape index (κ2) is 5.92. The Labute approximate surface area is 132 Å². The third kappa shape index (κ3) is 2.84. The average molecular weight is 302 g/mol. The SMILES string of the molecule is CC[C@@]1(O)CCC[C@@H]2CN(C(=O)Cc3ccc(N)cc3)C[C@@H]21. The molecule has 1 aromatic carbocycles. The quantitative estimate of drug-likeness (QED) is 0.841. The molecular formula is C18H26N2O2. The van der Waals surface area contributed by atoms with Crippen LogP contribution < -0.4 is 5.73 Å². The number of benzene rings is 1. The molecule has 4 nitrogen and oxygen atoms in total. The van der Waals surface area contributed by atoms with Gasteiger partial charge >= 0.3 is 0 Å². The molecule has 1 aromatic rings. The van der Waals surface area contributed by atoms with E-state index < -0.39 is 5.60 Å². The molecular weight excluding hydrogens is 276 g/mol. The van der Waals surface area contributed by atoms with Gasteiger partial charge in [-0.05, 0) is 42.9 Å². The molecule has 0 aromatic heterocycles. The van der Waals surface area contributed by atoms with Crippen LogP contribution in [0.1, 0.15) is 38.2 Å². The lowest BCUT2D eigenvalue weighted by Crippen LogP contribution is -2.44. The van der Waals surface area contributed by atoms with Crippen LogP contribution in [0.25, 0.3) is 0 Å². The van der Waals surface area contributed by atoms with Gasteiger partial charge in [-0.15, -0.1) is 0 Å². The average Bonchev–Trinajstić information content (AvgIpc) is 2.96. The van der Waals surface area contributed by atoms with Crippen molar-refractivity contribution in [3.05, 3.63) is 29.8 Å². The summed E-state index contributed by atoms with van der Waals surface area (Å²) in [5.74, 6) is 0.883. The molecule has 120 valence electrons. The molecule has 2 fully saturated rings. The summed E-state index contributed by atoms with van der Waals surface area (Å²) >= 11 is 0. The minimum atomic E-state index is -0.570. The lowest BCUT2D eigenvalue weighted by molar-refractivity contribution is -0.130. The molecule has 1 heterocycles. The number of nitrogens with two attached hydrogens (primary N) is 1. The summed E-state index contributed by atoms with van der Waals surface area (Å²) in [6.07, 6.45) is 4.30. The predicted octanol–water partition coefficient (Wildman–Crippen LogP) is 2.21. The first-order chi connectivity index (χ1) is 10.5. The molecule has 1 aliphatic carbocycles. The number of likely N-dealkylation sites (tertiary alicyclic amines) is 1. The topological polar surface area (TPSA) is 66.6 Å². The number of hydrogen-bond acceptors (Lipinski definition) is 3. The monoisotopic (exact) mass is 302 g/mol. The highest BCUT2D eigenvalue weighted by Crippen LogP contribution is 2.44. The van der Waals surface area contributed by atoms with Gasteiger partial charge in [0.1, 0.15) is 0 Å². The largest absolute Gasteiger partial charge is 0.399 e. The molecule has 4 heteroatoms. The molecule has 3 rings (SSSR count). The van der Waals surface area contributed by atoms with Crippen molar-refractivity contribution in [2.75, 3.05) is 18.8 Å². The molecule has 1 saturated carbocycles. The standard InChI is InChI=1S/C18H26N2O2/c1-2-18(22)9-3-4-14-11-20(12-16(14)18)17(21)10-13-5-7-15(19)8-6-13/h5-8,14,16,22H,2-4,9-12,19H2,1H3/t14-,16+,18-/m1/s1. The van der Waals surface area contributed by atoms with E-state index in [1.165, 1.54) is 0 Å². The van der Waals surface area contributed by atoms with E-state index in [1.807, 2.05) is 29.2 Å². The van der Waals surface area contributed by atoms with Gasteiger partial charge in [0.2, 0.25) is 5.91 Å². The third-order valence-corrected chi connectivity index (χ3v) is 5.62. The van der Waals surface area contributed by atoms with Gasteiger partial charge in [0.25, 0.3) is 0 Å². The van der Waals surface area contributed by atoms with Crippen LogP contribution in [-0.4, -0.2) is 34.6 Å². The predicted molar refractivity (Wildman–Crippen MR) is 87.2 cm³/mol. The number of nitrogens with zero attached hydrogens (tertiary/aromatic N) is 1. The van der Waals surface area contributed by atoms with Gasteiger partial charge < -0.3 is 15.7 Å². The van der Waals surface area contributed by atoms with Gasteiger partial charge in [-0.2, -0.15) is 0 Å². The van der Waals surface area contributed by atoms with Gasteiger partial charge in [0.15, 0.2) is 0 Å². The summed E-state index contributed by atoms with van der Waals surface area (Å²) in [7, 11) is 0. The second-order valence-electron chi connectivity index (χ2n) is 6.93. The number of nitrogen functional groups attached to an aromatic ring is 1. The molecule has 1 aliphatic heterocycles. The highest BCUT2D eigenvalue weighted by molar-refractivity contribution is 5.79. The Kier molecular flexibility index (Phi) is 4.13. The van der Waals surface area contributed by atoms with Crippen LogP contribution in [0.2, 0.25) is 0 Å². The van der Waals surface area contributed by atoms with Crippen molar-refractivity contribution in [1.29, 1.82) is 0 Å². The first kappa shape index (κ1) is 15.3. The van der Waals surface area contributed by atoms with Crippen LogP contribution in [0.15, 0.2) is 24.3 Å². The zero-order valence-corrected chi connectivity index (χ0v) is 13.3. The first-order valence-corrected chi connectivity index (χ1v) is 8.36. The van der Waals surface area contributed by atoms with Crippen LogP contribution in [0, 0.1) is 11.8 Å². The Morgan fingerprint density at radius 3 is 2.77 bits per heavy atom. The smallest absolute Gasteiger partial charge is 0.227 e. The number of carbonyl (C=O) groups excluding carboxylic acids is 1. The molecule has 1 amide bonds. The fraction of sp³-hybridized carbons (Fsp3) is 0.611. The minimum absolute atomic E-state index is 0.164. The van der Waals surface area contributed by atoms with E-state index >= 15 is 0 Å². The highest BCUT2D eigenvalue weighted by Gasteiger charge is 2.48. The van der Waals surface area contributed by atoms with Gasteiger partial charge in [-0.3, -0.25) is 4.79 Å². The maximum atomic E-state index is 12.6. The Morgan fingerprint density at radius 2 is 2.09 bits per heavy atom. The van der Waals surface area contributed by atoms with Crippen LogP contribution in [-0.2, 0) is 11.2 Å². The van der Waals surface area contributed by atoms with Crippen molar-refractivity contribution >= 4 is 11.6 Å². The number of fused-ring (bicyclic) bond motifs is 1. The lowest BCUT2D eigenvalue weighted by Gasteiger charge is -2.40. The van der Waals surface area contributed by atoms with E-state index in [9.17, 15) is 9.90 Å². The molecule has 3 atom stereocenters. The number of carbonyl (C=O) groups is 1. The van der Waals surface area contributed by atoms with Gasteiger partial charge in [-0.25, -0.2) is 0 Å². The first-order valence-electron chi connectivity index (χ1n) is 8.36. The maximum Gasteiger partial charge on any atom is 0.227 e. The van der Waals surface area contributed by atoms with Crippen molar-refractivity contribution in [2.45, 2.75) is 44.6 Å². The van der Waals surface area contributed by atoms with Crippen molar-refractivity contribution < 1.29 is 9.90 Å². The van der Waals surface area contributed by atoms with Crippen LogP contribution in [0.4, 0.5) is 5.69 Å². The highest BCUT2D eigenvalue weighted by atomic mass is 16.3. The fourth-order valence-electron chi connectivity index (χ4n) is 4.19. The van der Waals surface area contributed by atoms with Crippen molar-refractivity contribution in [2.24, 2.45) is 11.8 Å². The normalized spacial score (nSPS) is 31.1. The van der Waals surface area contributed by atoms with Gasteiger partial charge in [-0.1, -0.05) is 25.5 Å². The van der Waals surface area contributed by atoms with Crippen LogP contribution in [0.5, 0.6) is 0 Å². The van der Waals surface area contributed by atoms with E-state index in [0.29, 0.717) is 18.9 Å². The molecule has 0 radical (unpaired) electrons. The Bertz CT molecular complexity index is 543. The van der Waals surface area contributed by atoms with Gasteiger partial charge in [0.05, 0.1) is 12.0 Å². The van der Waals surface area contributed by atoms with E-state index in [-0.39, 0.29) is 11.8 Å². The second-order valence-corrected chi connectivity index (χ2v) is 6.93. The number of anilines is 1.